The van der Waals surface area contributed by atoms with Crippen molar-refractivity contribution in [2.75, 3.05) is 4.90 Å². The number of para-hydroxylation sites is 2. The molecular formula is C52H34N2O. The summed E-state index contributed by atoms with van der Waals surface area (Å²) in [5.74, 6) is 0. The van der Waals surface area contributed by atoms with Crippen molar-refractivity contribution in [3.05, 3.63) is 206 Å². The average Bonchev–Trinajstić information content (AvgIpc) is 3.81. The Morgan fingerprint density at radius 3 is 1.60 bits per heavy atom. The van der Waals surface area contributed by atoms with E-state index in [0.29, 0.717) is 0 Å². The first-order chi connectivity index (χ1) is 27.3. The third kappa shape index (κ3) is 5.20. The average molecular weight is 703 g/mol. The molecule has 11 rings (SSSR count). The highest BCUT2D eigenvalue weighted by Gasteiger charge is 2.18. The Labute approximate surface area is 318 Å². The van der Waals surface area contributed by atoms with E-state index < -0.39 is 0 Å². The lowest BCUT2D eigenvalue weighted by Crippen LogP contribution is -2.09. The Morgan fingerprint density at radius 2 is 0.891 bits per heavy atom. The van der Waals surface area contributed by atoms with E-state index in [0.717, 1.165) is 55.6 Å². The summed E-state index contributed by atoms with van der Waals surface area (Å²) in [6.07, 6.45) is 0. The molecule has 0 N–H and O–H groups in total. The SMILES string of the molecule is c1ccc(-c2ccc(N(c3ccc(-c4cccc(-n5c6ccccc6c6ccccc65)c4)cc3)c3ccc4c(c3)oc3c5ccccc5ccc43)cc2)cc1. The van der Waals surface area contributed by atoms with Gasteiger partial charge in [-0.25, -0.2) is 0 Å². The van der Waals surface area contributed by atoms with Crippen molar-refractivity contribution >= 4 is 71.6 Å². The normalized spacial score (nSPS) is 11.6. The molecule has 0 bridgehead atoms. The molecule has 55 heavy (non-hydrogen) atoms. The molecule has 3 nitrogen and oxygen atoms in total. The highest BCUT2D eigenvalue weighted by Crippen LogP contribution is 2.41. The van der Waals surface area contributed by atoms with Gasteiger partial charge in [0, 0.05) is 55.7 Å². The number of furan rings is 1. The maximum absolute atomic E-state index is 6.65. The van der Waals surface area contributed by atoms with Crippen molar-refractivity contribution < 1.29 is 4.42 Å². The lowest BCUT2D eigenvalue weighted by atomic mass is 10.0. The van der Waals surface area contributed by atoms with Gasteiger partial charge in [0.15, 0.2) is 0 Å². The summed E-state index contributed by atoms with van der Waals surface area (Å²) >= 11 is 0. The second kappa shape index (κ2) is 12.6. The van der Waals surface area contributed by atoms with Crippen LogP contribution in [0.5, 0.6) is 0 Å². The standard InChI is InChI=1S/C52H34N2O/c1-2-11-35(12-3-1)36-21-26-40(27-22-36)53(43-30-32-47-48-31-25-38-13-4-5-16-44(38)52(48)55-51(47)34-43)41-28-23-37(24-29-41)39-14-10-15-42(33-39)54-49-19-8-6-17-45(49)46-18-7-9-20-50(46)54/h1-34H. The molecule has 0 fully saturated rings. The van der Waals surface area contributed by atoms with Crippen LogP contribution in [0.3, 0.4) is 0 Å². The third-order valence-corrected chi connectivity index (χ3v) is 11.0. The molecule has 0 amide bonds. The van der Waals surface area contributed by atoms with Gasteiger partial charge in [0.25, 0.3) is 0 Å². The summed E-state index contributed by atoms with van der Waals surface area (Å²) in [6, 6.07) is 73.9. The van der Waals surface area contributed by atoms with Crippen molar-refractivity contribution in [3.63, 3.8) is 0 Å². The van der Waals surface area contributed by atoms with E-state index in [2.05, 4.69) is 216 Å². The van der Waals surface area contributed by atoms with E-state index in [-0.39, 0.29) is 0 Å². The number of aromatic nitrogens is 1. The summed E-state index contributed by atoms with van der Waals surface area (Å²) < 4.78 is 9.02. The second-order valence-corrected chi connectivity index (χ2v) is 14.2. The van der Waals surface area contributed by atoms with Crippen molar-refractivity contribution in [3.8, 4) is 27.9 Å². The van der Waals surface area contributed by atoms with Crippen LogP contribution in [0.2, 0.25) is 0 Å². The molecule has 0 aliphatic carbocycles. The molecular weight excluding hydrogens is 669 g/mol. The highest BCUT2D eigenvalue weighted by molar-refractivity contribution is 6.15. The fraction of sp³-hybridized carbons (Fsp3) is 0. The molecule has 0 saturated carbocycles. The molecule has 2 heterocycles. The predicted octanol–water partition coefficient (Wildman–Crippen LogP) is 14.6. The molecule has 0 saturated heterocycles. The predicted molar refractivity (Wildman–Crippen MR) is 231 cm³/mol. The number of hydrogen-bond donors (Lipinski definition) is 0. The molecule has 2 aromatic heterocycles. The zero-order valence-electron chi connectivity index (χ0n) is 29.9. The van der Waals surface area contributed by atoms with Crippen molar-refractivity contribution in [2.45, 2.75) is 0 Å². The van der Waals surface area contributed by atoms with Crippen LogP contribution in [-0.4, -0.2) is 4.57 Å². The Kier molecular flexibility index (Phi) is 7.17. The molecule has 0 atom stereocenters. The number of benzene rings is 9. The zero-order valence-corrected chi connectivity index (χ0v) is 29.9. The lowest BCUT2D eigenvalue weighted by Gasteiger charge is -2.26. The minimum Gasteiger partial charge on any atom is -0.455 e. The van der Waals surface area contributed by atoms with Crippen LogP contribution in [-0.2, 0) is 0 Å². The fourth-order valence-electron chi connectivity index (χ4n) is 8.34. The Morgan fingerprint density at radius 1 is 0.345 bits per heavy atom. The van der Waals surface area contributed by atoms with Crippen LogP contribution in [0.4, 0.5) is 17.1 Å². The smallest absolute Gasteiger partial charge is 0.143 e. The molecule has 0 aliphatic heterocycles. The molecule has 0 aliphatic rings. The van der Waals surface area contributed by atoms with Crippen molar-refractivity contribution in [1.82, 2.24) is 4.57 Å². The molecule has 258 valence electrons. The largest absolute Gasteiger partial charge is 0.455 e. The second-order valence-electron chi connectivity index (χ2n) is 14.2. The summed E-state index contributed by atoms with van der Waals surface area (Å²) in [5.41, 5.74) is 13.2. The summed E-state index contributed by atoms with van der Waals surface area (Å²) in [7, 11) is 0. The molecule has 3 heteroatoms. The van der Waals surface area contributed by atoms with Gasteiger partial charge in [-0.1, -0.05) is 133 Å². The van der Waals surface area contributed by atoms with E-state index in [9.17, 15) is 0 Å². The zero-order chi connectivity index (χ0) is 36.3. The Balaban J connectivity index is 1.01. The monoisotopic (exact) mass is 702 g/mol. The Bertz CT molecular complexity index is 3140. The maximum atomic E-state index is 6.65. The number of anilines is 3. The van der Waals surface area contributed by atoms with Crippen LogP contribution < -0.4 is 4.90 Å². The molecule has 11 aromatic rings. The van der Waals surface area contributed by atoms with Gasteiger partial charge in [0.05, 0.1) is 11.0 Å². The molecule has 0 radical (unpaired) electrons. The fourth-order valence-corrected chi connectivity index (χ4v) is 8.34. The number of hydrogen-bond acceptors (Lipinski definition) is 2. The van der Waals surface area contributed by atoms with Gasteiger partial charge in [-0.2, -0.15) is 0 Å². The first-order valence-corrected chi connectivity index (χ1v) is 18.8. The van der Waals surface area contributed by atoms with Gasteiger partial charge in [0.2, 0.25) is 0 Å². The van der Waals surface area contributed by atoms with E-state index in [1.54, 1.807) is 0 Å². The molecule has 9 aromatic carbocycles. The summed E-state index contributed by atoms with van der Waals surface area (Å²) in [5, 5.41) is 7.07. The van der Waals surface area contributed by atoms with E-state index >= 15 is 0 Å². The van der Waals surface area contributed by atoms with Gasteiger partial charge in [-0.15, -0.1) is 0 Å². The minimum absolute atomic E-state index is 0.869. The van der Waals surface area contributed by atoms with Crippen LogP contribution in [0, 0.1) is 0 Å². The van der Waals surface area contributed by atoms with Crippen molar-refractivity contribution in [2.24, 2.45) is 0 Å². The lowest BCUT2D eigenvalue weighted by molar-refractivity contribution is 0.672. The van der Waals surface area contributed by atoms with Gasteiger partial charge in [0.1, 0.15) is 11.2 Å². The quantitative estimate of drug-likeness (QED) is 0.172. The number of rotatable bonds is 6. The van der Waals surface area contributed by atoms with Crippen LogP contribution in [0.1, 0.15) is 0 Å². The first kappa shape index (κ1) is 31.2. The van der Waals surface area contributed by atoms with Crippen LogP contribution in [0.15, 0.2) is 211 Å². The third-order valence-electron chi connectivity index (χ3n) is 11.0. The van der Waals surface area contributed by atoms with Gasteiger partial charge < -0.3 is 13.9 Å². The highest BCUT2D eigenvalue weighted by atomic mass is 16.3. The number of fused-ring (bicyclic) bond motifs is 8. The molecule has 0 spiro atoms. The van der Waals surface area contributed by atoms with E-state index in [1.165, 1.54) is 43.9 Å². The van der Waals surface area contributed by atoms with Gasteiger partial charge in [-0.05, 0) is 94.4 Å². The van der Waals surface area contributed by atoms with Crippen LogP contribution in [0.25, 0.3) is 82.5 Å². The maximum Gasteiger partial charge on any atom is 0.143 e. The van der Waals surface area contributed by atoms with Crippen molar-refractivity contribution in [1.29, 1.82) is 0 Å². The minimum atomic E-state index is 0.869. The summed E-state index contributed by atoms with van der Waals surface area (Å²) in [6.45, 7) is 0. The van der Waals surface area contributed by atoms with Gasteiger partial charge in [-0.3, -0.25) is 0 Å². The van der Waals surface area contributed by atoms with E-state index in [4.69, 9.17) is 4.42 Å². The first-order valence-electron chi connectivity index (χ1n) is 18.8. The topological polar surface area (TPSA) is 21.3 Å². The van der Waals surface area contributed by atoms with Gasteiger partial charge >= 0.3 is 0 Å². The van der Waals surface area contributed by atoms with E-state index in [1.807, 2.05) is 0 Å². The Hall–Kier alpha value is -7.36. The summed E-state index contributed by atoms with van der Waals surface area (Å²) in [4.78, 5) is 2.32. The van der Waals surface area contributed by atoms with Crippen LogP contribution >= 0.6 is 0 Å². The number of nitrogens with zero attached hydrogens (tertiary/aromatic N) is 2. The molecule has 0 unspecified atom stereocenters.